The molecule has 0 spiro atoms. The number of hydrogen-bond donors (Lipinski definition) is 0. The first-order chi connectivity index (χ1) is 8.35. The summed E-state index contributed by atoms with van der Waals surface area (Å²) in [5, 5.41) is 1.13. The van der Waals surface area contributed by atoms with Crippen LogP contribution in [0.3, 0.4) is 0 Å². The number of unbranched alkanes of at least 4 members (excludes halogenated alkanes) is 1. The first kappa shape index (κ1) is 12.0. The Hall–Kier alpha value is -1.44. The number of fused-ring (bicyclic) bond motifs is 1. The van der Waals surface area contributed by atoms with Crippen LogP contribution in [0.2, 0.25) is 0 Å². The highest BCUT2D eigenvalue weighted by molar-refractivity contribution is 5.77. The Kier molecular flexibility index (Phi) is 4.08. The molecular formula is C15H20N2. The van der Waals surface area contributed by atoms with Gasteiger partial charge in [-0.2, -0.15) is 0 Å². The lowest BCUT2D eigenvalue weighted by Gasteiger charge is -2.13. The maximum absolute atomic E-state index is 4.69. The fraction of sp³-hybridized carbons (Fsp3) is 0.467. The quantitative estimate of drug-likeness (QED) is 0.762. The summed E-state index contributed by atoms with van der Waals surface area (Å²) in [4.78, 5) is 9.21. The molecule has 0 bridgehead atoms. The molecule has 2 rings (SSSR count). The smallest absolute Gasteiger partial charge is 0.132 e. The Labute approximate surface area is 103 Å². The van der Waals surface area contributed by atoms with Gasteiger partial charge in [0.15, 0.2) is 0 Å². The maximum Gasteiger partial charge on any atom is 0.132 e. The van der Waals surface area contributed by atoms with Gasteiger partial charge in [0.2, 0.25) is 0 Å². The summed E-state index contributed by atoms with van der Waals surface area (Å²) in [6.45, 7) is 4.45. The van der Waals surface area contributed by atoms with Gasteiger partial charge in [0.25, 0.3) is 0 Å². The molecule has 90 valence electrons. The van der Waals surface area contributed by atoms with E-state index in [2.05, 4.69) is 35.9 Å². The topological polar surface area (TPSA) is 25.8 Å². The molecule has 1 atom stereocenters. The lowest BCUT2D eigenvalue weighted by atomic mass is 9.98. The van der Waals surface area contributed by atoms with E-state index in [1.807, 2.05) is 18.3 Å². The molecule has 0 saturated carbocycles. The van der Waals surface area contributed by atoms with Crippen molar-refractivity contribution in [2.75, 3.05) is 0 Å². The SMILES string of the molecule is CCCCC(CC)c1ncc2ccccc2n1. The van der Waals surface area contributed by atoms with Gasteiger partial charge in [-0.05, 0) is 18.9 Å². The fourth-order valence-electron chi connectivity index (χ4n) is 2.15. The minimum atomic E-state index is 0.513. The predicted molar refractivity (Wildman–Crippen MR) is 72.1 cm³/mol. The monoisotopic (exact) mass is 228 g/mol. The molecule has 17 heavy (non-hydrogen) atoms. The number of rotatable bonds is 5. The average molecular weight is 228 g/mol. The number of aromatic nitrogens is 2. The molecule has 2 nitrogen and oxygen atoms in total. The zero-order valence-corrected chi connectivity index (χ0v) is 10.7. The molecule has 0 aliphatic carbocycles. The zero-order chi connectivity index (χ0) is 12.1. The standard InChI is InChI=1S/C15H20N2/c1-3-5-8-12(4-2)15-16-11-13-9-6-7-10-14(13)17-15/h6-7,9-12H,3-5,8H2,1-2H3. The van der Waals surface area contributed by atoms with Crippen molar-refractivity contribution in [3.8, 4) is 0 Å². The Morgan fingerprint density at radius 2 is 2.00 bits per heavy atom. The molecule has 0 amide bonds. The predicted octanol–water partition coefficient (Wildman–Crippen LogP) is 4.31. The molecule has 0 radical (unpaired) electrons. The van der Waals surface area contributed by atoms with Crippen molar-refractivity contribution in [3.63, 3.8) is 0 Å². The second kappa shape index (κ2) is 5.76. The molecule has 1 aromatic heterocycles. The molecule has 1 heterocycles. The fourth-order valence-corrected chi connectivity index (χ4v) is 2.15. The van der Waals surface area contributed by atoms with Crippen LogP contribution >= 0.6 is 0 Å². The number of benzene rings is 1. The summed E-state index contributed by atoms with van der Waals surface area (Å²) in [7, 11) is 0. The third kappa shape index (κ3) is 2.82. The minimum Gasteiger partial charge on any atom is -0.240 e. The molecule has 0 fully saturated rings. The van der Waals surface area contributed by atoms with Gasteiger partial charge >= 0.3 is 0 Å². The van der Waals surface area contributed by atoms with E-state index in [1.54, 1.807) is 0 Å². The third-order valence-corrected chi connectivity index (χ3v) is 3.27. The van der Waals surface area contributed by atoms with Crippen LogP contribution in [0.4, 0.5) is 0 Å². The third-order valence-electron chi connectivity index (χ3n) is 3.27. The molecule has 2 aromatic rings. The highest BCUT2D eigenvalue weighted by atomic mass is 14.9. The molecule has 0 aliphatic rings. The van der Waals surface area contributed by atoms with Crippen molar-refractivity contribution in [2.24, 2.45) is 0 Å². The Bertz CT molecular complexity index is 479. The van der Waals surface area contributed by atoms with Gasteiger partial charge < -0.3 is 0 Å². The second-order valence-corrected chi connectivity index (χ2v) is 4.53. The summed E-state index contributed by atoms with van der Waals surface area (Å²) in [5.41, 5.74) is 1.06. The van der Waals surface area contributed by atoms with Crippen LogP contribution < -0.4 is 0 Å². The van der Waals surface area contributed by atoms with Crippen LogP contribution in [0, 0.1) is 0 Å². The summed E-state index contributed by atoms with van der Waals surface area (Å²) < 4.78 is 0. The Morgan fingerprint density at radius 1 is 1.18 bits per heavy atom. The summed E-state index contributed by atoms with van der Waals surface area (Å²) >= 11 is 0. The van der Waals surface area contributed by atoms with Crippen molar-refractivity contribution in [2.45, 2.75) is 45.4 Å². The van der Waals surface area contributed by atoms with Crippen molar-refractivity contribution in [1.82, 2.24) is 9.97 Å². The largest absolute Gasteiger partial charge is 0.240 e. The lowest BCUT2D eigenvalue weighted by molar-refractivity contribution is 0.545. The van der Waals surface area contributed by atoms with Gasteiger partial charge in [0.1, 0.15) is 5.82 Å². The molecule has 0 saturated heterocycles. The molecular weight excluding hydrogens is 208 g/mol. The van der Waals surface area contributed by atoms with Crippen molar-refractivity contribution < 1.29 is 0 Å². The Balaban J connectivity index is 2.27. The second-order valence-electron chi connectivity index (χ2n) is 4.53. The van der Waals surface area contributed by atoms with E-state index in [9.17, 15) is 0 Å². The maximum atomic E-state index is 4.69. The van der Waals surface area contributed by atoms with Crippen LogP contribution in [-0.2, 0) is 0 Å². The van der Waals surface area contributed by atoms with E-state index in [0.717, 1.165) is 23.1 Å². The zero-order valence-electron chi connectivity index (χ0n) is 10.7. The van der Waals surface area contributed by atoms with Crippen LogP contribution in [-0.4, -0.2) is 9.97 Å². The lowest BCUT2D eigenvalue weighted by Crippen LogP contribution is -2.03. The van der Waals surface area contributed by atoms with E-state index in [4.69, 9.17) is 0 Å². The van der Waals surface area contributed by atoms with Crippen LogP contribution in [0.5, 0.6) is 0 Å². The molecule has 2 heteroatoms. The van der Waals surface area contributed by atoms with Gasteiger partial charge in [-0.1, -0.05) is 44.9 Å². The normalized spacial score (nSPS) is 12.8. The highest BCUT2D eigenvalue weighted by Gasteiger charge is 2.12. The summed E-state index contributed by atoms with van der Waals surface area (Å²) in [5.74, 6) is 1.53. The van der Waals surface area contributed by atoms with E-state index >= 15 is 0 Å². The van der Waals surface area contributed by atoms with E-state index in [0.29, 0.717) is 5.92 Å². The first-order valence-electron chi connectivity index (χ1n) is 6.56. The average Bonchev–Trinajstić information content (AvgIpc) is 2.39. The first-order valence-corrected chi connectivity index (χ1v) is 6.56. The molecule has 1 unspecified atom stereocenters. The number of nitrogens with zero attached hydrogens (tertiary/aromatic N) is 2. The molecule has 0 aliphatic heterocycles. The van der Waals surface area contributed by atoms with E-state index in [-0.39, 0.29) is 0 Å². The van der Waals surface area contributed by atoms with Gasteiger partial charge in [0.05, 0.1) is 5.52 Å². The van der Waals surface area contributed by atoms with Gasteiger partial charge in [-0.3, -0.25) is 0 Å². The van der Waals surface area contributed by atoms with Crippen molar-refractivity contribution in [3.05, 3.63) is 36.3 Å². The van der Waals surface area contributed by atoms with Crippen LogP contribution in [0.1, 0.15) is 51.3 Å². The van der Waals surface area contributed by atoms with Gasteiger partial charge in [0, 0.05) is 17.5 Å². The highest BCUT2D eigenvalue weighted by Crippen LogP contribution is 2.23. The van der Waals surface area contributed by atoms with Crippen LogP contribution in [0.15, 0.2) is 30.5 Å². The molecule has 0 N–H and O–H groups in total. The summed E-state index contributed by atoms with van der Waals surface area (Å²) in [6.07, 6.45) is 6.77. The minimum absolute atomic E-state index is 0.513. The van der Waals surface area contributed by atoms with Gasteiger partial charge in [-0.25, -0.2) is 9.97 Å². The number of para-hydroxylation sites is 1. The van der Waals surface area contributed by atoms with E-state index in [1.165, 1.54) is 19.3 Å². The van der Waals surface area contributed by atoms with Crippen LogP contribution in [0.25, 0.3) is 10.9 Å². The van der Waals surface area contributed by atoms with E-state index < -0.39 is 0 Å². The van der Waals surface area contributed by atoms with Gasteiger partial charge in [-0.15, -0.1) is 0 Å². The van der Waals surface area contributed by atoms with Crippen molar-refractivity contribution in [1.29, 1.82) is 0 Å². The molecule has 1 aromatic carbocycles. The summed E-state index contributed by atoms with van der Waals surface area (Å²) in [6, 6.07) is 8.19. The number of hydrogen-bond acceptors (Lipinski definition) is 2. The van der Waals surface area contributed by atoms with Crippen molar-refractivity contribution >= 4 is 10.9 Å². The Morgan fingerprint density at radius 3 is 2.76 bits per heavy atom.